The van der Waals surface area contributed by atoms with E-state index in [2.05, 4.69) is 5.32 Å². The number of carboxylic acids is 1. The van der Waals surface area contributed by atoms with Gasteiger partial charge in [0.1, 0.15) is 6.04 Å². The van der Waals surface area contributed by atoms with E-state index < -0.39 is 12.0 Å². The van der Waals surface area contributed by atoms with Crippen LogP contribution in [0.2, 0.25) is 0 Å². The fourth-order valence-corrected chi connectivity index (χ4v) is 3.51. The molecule has 0 aromatic rings. The fraction of sp³-hybridized carbons (Fsp3) is 0.818. The summed E-state index contributed by atoms with van der Waals surface area (Å²) in [5, 5.41) is 12.3. The summed E-state index contributed by atoms with van der Waals surface area (Å²) in [6.45, 7) is 1.93. The summed E-state index contributed by atoms with van der Waals surface area (Å²) in [5.74, 6) is 0.598. The van der Waals surface area contributed by atoms with Crippen LogP contribution in [0, 0.1) is 5.92 Å². The van der Waals surface area contributed by atoms with Crippen molar-refractivity contribution in [3.63, 3.8) is 0 Å². The number of aliphatic carboxylic acids is 1. The van der Waals surface area contributed by atoms with E-state index in [0.29, 0.717) is 24.0 Å². The van der Waals surface area contributed by atoms with Crippen molar-refractivity contribution in [3.05, 3.63) is 0 Å². The van der Waals surface area contributed by atoms with Crippen molar-refractivity contribution in [2.45, 2.75) is 25.3 Å². The van der Waals surface area contributed by atoms with Gasteiger partial charge in [-0.1, -0.05) is 0 Å². The largest absolute Gasteiger partial charge is 0.480 e. The number of amides is 1. The van der Waals surface area contributed by atoms with Crippen LogP contribution in [-0.4, -0.2) is 52.6 Å². The van der Waals surface area contributed by atoms with Crippen LogP contribution in [0.3, 0.4) is 0 Å². The van der Waals surface area contributed by atoms with Crippen molar-refractivity contribution in [2.75, 3.05) is 24.7 Å². The number of nitrogens with one attached hydrogen (secondary N) is 1. The van der Waals surface area contributed by atoms with Crippen LogP contribution in [0.25, 0.3) is 0 Å². The Balaban J connectivity index is 1.88. The molecule has 17 heavy (non-hydrogen) atoms. The molecule has 0 aliphatic carbocycles. The summed E-state index contributed by atoms with van der Waals surface area (Å²) in [6.07, 6.45) is 2.54. The third-order valence-corrected chi connectivity index (χ3v) is 4.42. The standard InChI is InChI=1S/C11H18N2O3S/c14-10(5-8-1-3-12-4-2-8)13-7-17-6-9(13)11(15)16/h8-9,12H,1-7H2,(H,15,16)/t9-/m0/s1. The Morgan fingerprint density at radius 2 is 2.06 bits per heavy atom. The lowest BCUT2D eigenvalue weighted by Gasteiger charge is -2.26. The number of hydrogen-bond donors (Lipinski definition) is 2. The van der Waals surface area contributed by atoms with Crippen molar-refractivity contribution >= 4 is 23.6 Å². The van der Waals surface area contributed by atoms with Gasteiger partial charge in [0.2, 0.25) is 5.91 Å². The van der Waals surface area contributed by atoms with E-state index in [1.165, 1.54) is 16.7 Å². The van der Waals surface area contributed by atoms with Gasteiger partial charge < -0.3 is 15.3 Å². The van der Waals surface area contributed by atoms with E-state index >= 15 is 0 Å². The van der Waals surface area contributed by atoms with Gasteiger partial charge in [-0.15, -0.1) is 11.8 Å². The van der Waals surface area contributed by atoms with Crippen LogP contribution in [0.4, 0.5) is 0 Å². The minimum Gasteiger partial charge on any atom is -0.480 e. The second-order valence-corrected chi connectivity index (χ2v) is 5.61. The lowest BCUT2D eigenvalue weighted by atomic mass is 9.94. The van der Waals surface area contributed by atoms with Crippen molar-refractivity contribution in [3.8, 4) is 0 Å². The zero-order valence-corrected chi connectivity index (χ0v) is 10.5. The Bertz CT molecular complexity index is 305. The molecule has 0 unspecified atom stereocenters. The molecule has 0 aromatic heterocycles. The van der Waals surface area contributed by atoms with Crippen LogP contribution in [0.15, 0.2) is 0 Å². The molecule has 6 heteroatoms. The molecule has 96 valence electrons. The second kappa shape index (κ2) is 5.73. The summed E-state index contributed by atoms with van der Waals surface area (Å²) >= 11 is 1.52. The minimum atomic E-state index is -0.881. The lowest BCUT2D eigenvalue weighted by Crippen LogP contribution is -2.43. The Labute approximate surface area is 105 Å². The third kappa shape index (κ3) is 3.13. The summed E-state index contributed by atoms with van der Waals surface area (Å²) in [7, 11) is 0. The number of piperidine rings is 1. The average molecular weight is 258 g/mol. The number of nitrogens with zero attached hydrogens (tertiary/aromatic N) is 1. The molecule has 0 bridgehead atoms. The Morgan fingerprint density at radius 3 is 2.71 bits per heavy atom. The zero-order valence-electron chi connectivity index (χ0n) is 9.72. The first-order chi connectivity index (χ1) is 8.18. The minimum absolute atomic E-state index is 0.00861. The van der Waals surface area contributed by atoms with Gasteiger partial charge in [-0.3, -0.25) is 4.79 Å². The van der Waals surface area contributed by atoms with E-state index in [1.54, 1.807) is 0 Å². The number of thioether (sulfide) groups is 1. The highest BCUT2D eigenvalue weighted by Gasteiger charge is 2.35. The lowest BCUT2D eigenvalue weighted by molar-refractivity contribution is -0.148. The summed E-state index contributed by atoms with van der Waals surface area (Å²) in [4.78, 5) is 24.6. The highest BCUT2D eigenvalue weighted by Crippen LogP contribution is 2.24. The van der Waals surface area contributed by atoms with Crippen molar-refractivity contribution < 1.29 is 14.7 Å². The van der Waals surface area contributed by atoms with Crippen LogP contribution in [0.5, 0.6) is 0 Å². The number of hydrogen-bond acceptors (Lipinski definition) is 4. The summed E-state index contributed by atoms with van der Waals surface area (Å²) in [6, 6.07) is -0.616. The molecule has 2 saturated heterocycles. The van der Waals surface area contributed by atoms with Gasteiger partial charge in [0.25, 0.3) is 0 Å². The Hall–Kier alpha value is -0.750. The maximum atomic E-state index is 12.1. The highest BCUT2D eigenvalue weighted by molar-refractivity contribution is 7.99. The monoisotopic (exact) mass is 258 g/mol. The molecule has 0 saturated carbocycles. The Kier molecular flexibility index (Phi) is 4.28. The average Bonchev–Trinajstić information content (AvgIpc) is 2.79. The van der Waals surface area contributed by atoms with Gasteiger partial charge in [0, 0.05) is 12.2 Å². The molecular formula is C11H18N2O3S. The van der Waals surface area contributed by atoms with E-state index in [1.807, 2.05) is 0 Å². The first-order valence-electron chi connectivity index (χ1n) is 5.99. The quantitative estimate of drug-likeness (QED) is 0.765. The molecule has 2 heterocycles. The molecule has 2 aliphatic rings. The van der Waals surface area contributed by atoms with Gasteiger partial charge in [-0.25, -0.2) is 4.79 Å². The fourth-order valence-electron chi connectivity index (χ4n) is 2.34. The van der Waals surface area contributed by atoms with Crippen LogP contribution >= 0.6 is 11.8 Å². The van der Waals surface area contributed by atoms with Gasteiger partial charge >= 0.3 is 5.97 Å². The number of rotatable bonds is 3. The molecule has 2 N–H and O–H groups in total. The highest BCUT2D eigenvalue weighted by atomic mass is 32.2. The van der Waals surface area contributed by atoms with E-state index in [0.717, 1.165) is 25.9 Å². The molecule has 2 aliphatic heterocycles. The molecule has 0 radical (unpaired) electrons. The Morgan fingerprint density at radius 1 is 1.35 bits per heavy atom. The normalized spacial score (nSPS) is 26.1. The van der Waals surface area contributed by atoms with E-state index in [9.17, 15) is 9.59 Å². The number of carbonyl (C=O) groups is 2. The SMILES string of the molecule is O=C(O)[C@@H]1CSCN1C(=O)CC1CCNCC1. The topological polar surface area (TPSA) is 69.6 Å². The van der Waals surface area contributed by atoms with E-state index in [4.69, 9.17) is 5.11 Å². The van der Waals surface area contributed by atoms with Gasteiger partial charge in [0.05, 0.1) is 5.88 Å². The first kappa shape index (κ1) is 12.7. The maximum absolute atomic E-state index is 12.1. The maximum Gasteiger partial charge on any atom is 0.327 e. The van der Waals surface area contributed by atoms with Crippen molar-refractivity contribution in [2.24, 2.45) is 5.92 Å². The predicted molar refractivity (Wildman–Crippen MR) is 65.8 cm³/mol. The smallest absolute Gasteiger partial charge is 0.327 e. The molecule has 1 atom stereocenters. The van der Waals surface area contributed by atoms with Crippen LogP contribution in [0.1, 0.15) is 19.3 Å². The van der Waals surface area contributed by atoms with Gasteiger partial charge in [-0.2, -0.15) is 0 Å². The molecule has 1 amide bonds. The van der Waals surface area contributed by atoms with Gasteiger partial charge in [-0.05, 0) is 31.8 Å². The summed E-state index contributed by atoms with van der Waals surface area (Å²) in [5.41, 5.74) is 0. The molecule has 2 fully saturated rings. The van der Waals surface area contributed by atoms with Crippen LogP contribution in [-0.2, 0) is 9.59 Å². The number of carbonyl (C=O) groups excluding carboxylic acids is 1. The predicted octanol–water partition coefficient (Wildman–Crippen LogP) is 0.362. The zero-order chi connectivity index (χ0) is 12.3. The summed E-state index contributed by atoms with van der Waals surface area (Å²) < 4.78 is 0. The third-order valence-electron chi connectivity index (χ3n) is 3.41. The van der Waals surface area contributed by atoms with E-state index in [-0.39, 0.29) is 5.91 Å². The first-order valence-corrected chi connectivity index (χ1v) is 7.14. The molecule has 0 spiro atoms. The number of carboxylic acid groups (broad SMARTS) is 1. The molecule has 0 aromatic carbocycles. The van der Waals surface area contributed by atoms with Crippen LogP contribution < -0.4 is 5.32 Å². The molecule has 2 rings (SSSR count). The second-order valence-electron chi connectivity index (χ2n) is 4.61. The molecule has 5 nitrogen and oxygen atoms in total. The van der Waals surface area contributed by atoms with Crippen molar-refractivity contribution in [1.29, 1.82) is 0 Å². The molecular weight excluding hydrogens is 240 g/mol. The van der Waals surface area contributed by atoms with Gasteiger partial charge in [0.15, 0.2) is 0 Å². The van der Waals surface area contributed by atoms with Crippen molar-refractivity contribution in [1.82, 2.24) is 10.2 Å².